The lowest BCUT2D eigenvalue weighted by Gasteiger charge is -2.06. The van der Waals surface area contributed by atoms with Gasteiger partial charge in [-0.2, -0.15) is 0 Å². The molecule has 18 heavy (non-hydrogen) atoms. The lowest BCUT2D eigenvalue weighted by atomic mass is 10.1. The molecular formula is C14H18N2O2. The van der Waals surface area contributed by atoms with E-state index >= 15 is 0 Å². The van der Waals surface area contributed by atoms with E-state index in [0.717, 1.165) is 6.42 Å². The zero-order valence-electron chi connectivity index (χ0n) is 10.6. The molecule has 1 aromatic rings. The molecule has 96 valence electrons. The number of primary amides is 1. The first-order valence-corrected chi connectivity index (χ1v) is 5.87. The van der Waals surface area contributed by atoms with Crippen molar-refractivity contribution in [2.75, 3.05) is 5.32 Å². The van der Waals surface area contributed by atoms with E-state index < -0.39 is 5.91 Å². The maximum atomic E-state index is 11.6. The average molecular weight is 246 g/mol. The topological polar surface area (TPSA) is 72.2 Å². The van der Waals surface area contributed by atoms with Gasteiger partial charge in [0.15, 0.2) is 0 Å². The molecule has 0 bridgehead atoms. The van der Waals surface area contributed by atoms with Crippen LogP contribution in [0.3, 0.4) is 0 Å². The summed E-state index contributed by atoms with van der Waals surface area (Å²) in [4.78, 5) is 22.8. The number of rotatable bonds is 5. The monoisotopic (exact) mass is 246 g/mol. The molecule has 0 saturated carbocycles. The minimum Gasteiger partial charge on any atom is -0.366 e. The van der Waals surface area contributed by atoms with Crippen LogP contribution >= 0.6 is 0 Å². The van der Waals surface area contributed by atoms with Gasteiger partial charge in [-0.15, -0.1) is 0 Å². The molecule has 3 N–H and O–H groups in total. The number of anilines is 1. The van der Waals surface area contributed by atoms with Gasteiger partial charge in [0.05, 0.1) is 11.3 Å². The van der Waals surface area contributed by atoms with Gasteiger partial charge in [0, 0.05) is 0 Å². The summed E-state index contributed by atoms with van der Waals surface area (Å²) < 4.78 is 0. The van der Waals surface area contributed by atoms with Gasteiger partial charge in [0.1, 0.15) is 0 Å². The Morgan fingerprint density at radius 1 is 1.33 bits per heavy atom. The number of hydrogen-bond donors (Lipinski definition) is 2. The van der Waals surface area contributed by atoms with Crippen molar-refractivity contribution < 1.29 is 9.59 Å². The first-order valence-electron chi connectivity index (χ1n) is 5.87. The van der Waals surface area contributed by atoms with Crippen molar-refractivity contribution in [3.63, 3.8) is 0 Å². The van der Waals surface area contributed by atoms with Gasteiger partial charge >= 0.3 is 0 Å². The second-order valence-corrected chi connectivity index (χ2v) is 4.43. The Balaban J connectivity index is 2.70. The highest BCUT2D eigenvalue weighted by Crippen LogP contribution is 2.14. The molecule has 2 amide bonds. The van der Waals surface area contributed by atoms with Crippen molar-refractivity contribution in [3.8, 4) is 0 Å². The number of hydrogen-bond acceptors (Lipinski definition) is 2. The Morgan fingerprint density at radius 3 is 2.61 bits per heavy atom. The lowest BCUT2D eigenvalue weighted by Crippen LogP contribution is -2.16. The van der Waals surface area contributed by atoms with E-state index in [2.05, 4.69) is 19.2 Å². The molecule has 0 aromatic heterocycles. The molecule has 0 saturated heterocycles. The molecule has 0 radical (unpaired) electrons. The van der Waals surface area contributed by atoms with E-state index in [1.807, 2.05) is 6.08 Å². The molecule has 0 unspecified atom stereocenters. The molecule has 4 heteroatoms. The predicted octanol–water partition coefficient (Wildman–Crippen LogP) is 2.33. The summed E-state index contributed by atoms with van der Waals surface area (Å²) in [6, 6.07) is 6.66. The van der Waals surface area contributed by atoms with Gasteiger partial charge in [-0.1, -0.05) is 32.1 Å². The maximum absolute atomic E-state index is 11.6. The van der Waals surface area contributed by atoms with Crippen molar-refractivity contribution >= 4 is 17.5 Å². The average Bonchev–Trinajstić information content (AvgIpc) is 2.28. The van der Waals surface area contributed by atoms with Crippen molar-refractivity contribution in [1.82, 2.24) is 0 Å². The third-order valence-electron chi connectivity index (χ3n) is 2.33. The van der Waals surface area contributed by atoms with Crippen LogP contribution in [0.2, 0.25) is 0 Å². The Hall–Kier alpha value is -2.10. The molecule has 0 aliphatic rings. The van der Waals surface area contributed by atoms with Crippen LogP contribution in [0, 0.1) is 5.92 Å². The summed E-state index contributed by atoms with van der Waals surface area (Å²) in [5, 5.41) is 2.64. The van der Waals surface area contributed by atoms with Crippen molar-refractivity contribution in [2.24, 2.45) is 11.7 Å². The smallest absolute Gasteiger partial charge is 0.250 e. The summed E-state index contributed by atoms with van der Waals surface area (Å²) in [6.07, 6.45) is 4.12. The van der Waals surface area contributed by atoms with Crippen molar-refractivity contribution in [2.45, 2.75) is 20.3 Å². The molecule has 0 aliphatic heterocycles. The van der Waals surface area contributed by atoms with Crippen LogP contribution in [0.15, 0.2) is 36.4 Å². The SMILES string of the molecule is CC(C)CC=CC(=O)Nc1ccccc1C(N)=O. The lowest BCUT2D eigenvalue weighted by molar-refractivity contribution is -0.111. The number of allylic oxidation sites excluding steroid dienone is 1. The molecule has 0 aliphatic carbocycles. The largest absolute Gasteiger partial charge is 0.366 e. The minimum absolute atomic E-state index is 0.260. The summed E-state index contributed by atoms with van der Waals surface area (Å²) >= 11 is 0. The molecule has 1 aromatic carbocycles. The molecular weight excluding hydrogens is 228 g/mol. The third kappa shape index (κ3) is 4.41. The summed E-state index contributed by atoms with van der Waals surface area (Å²) in [6.45, 7) is 4.15. The third-order valence-corrected chi connectivity index (χ3v) is 2.33. The summed E-state index contributed by atoms with van der Waals surface area (Å²) in [7, 11) is 0. The van der Waals surface area contributed by atoms with Gasteiger partial charge in [-0.3, -0.25) is 9.59 Å². The highest BCUT2D eigenvalue weighted by molar-refractivity contribution is 6.05. The normalized spacial score (nSPS) is 10.8. The number of nitrogens with one attached hydrogen (secondary N) is 1. The fourth-order valence-electron chi connectivity index (χ4n) is 1.43. The zero-order valence-corrected chi connectivity index (χ0v) is 10.6. The van der Waals surface area contributed by atoms with Crippen molar-refractivity contribution in [1.29, 1.82) is 0 Å². The van der Waals surface area contributed by atoms with Crippen LogP contribution in [-0.2, 0) is 4.79 Å². The second kappa shape index (κ2) is 6.59. The van der Waals surface area contributed by atoms with Gasteiger partial charge in [0.25, 0.3) is 5.91 Å². The van der Waals surface area contributed by atoms with Crippen LogP contribution in [-0.4, -0.2) is 11.8 Å². The molecule has 0 heterocycles. The molecule has 0 fully saturated rings. The molecule has 0 spiro atoms. The zero-order chi connectivity index (χ0) is 13.5. The molecule has 1 rings (SSSR count). The summed E-state index contributed by atoms with van der Waals surface area (Å²) in [5.41, 5.74) is 5.96. The van der Waals surface area contributed by atoms with E-state index in [1.54, 1.807) is 24.3 Å². The standard InChI is InChI=1S/C14H18N2O2/c1-10(2)6-5-9-13(17)16-12-8-4-3-7-11(12)14(15)18/h3-5,7-10H,6H2,1-2H3,(H2,15,18)(H,16,17). The predicted molar refractivity (Wildman–Crippen MR) is 72.2 cm³/mol. The number of carbonyl (C=O) groups excluding carboxylic acids is 2. The first kappa shape index (κ1) is 14.0. The number of carbonyl (C=O) groups is 2. The number of nitrogens with two attached hydrogens (primary N) is 1. The Morgan fingerprint density at radius 2 is 2.00 bits per heavy atom. The van der Waals surface area contributed by atoms with Crippen LogP contribution in [0.4, 0.5) is 5.69 Å². The second-order valence-electron chi connectivity index (χ2n) is 4.43. The highest BCUT2D eigenvalue weighted by Gasteiger charge is 2.08. The van der Waals surface area contributed by atoms with E-state index in [0.29, 0.717) is 17.2 Å². The van der Waals surface area contributed by atoms with E-state index in [4.69, 9.17) is 5.73 Å². The number of amides is 2. The van der Waals surface area contributed by atoms with Crippen LogP contribution < -0.4 is 11.1 Å². The fraction of sp³-hybridized carbons (Fsp3) is 0.286. The Bertz CT molecular complexity index is 465. The molecule has 0 atom stereocenters. The molecule has 4 nitrogen and oxygen atoms in total. The van der Waals surface area contributed by atoms with Crippen LogP contribution in [0.1, 0.15) is 30.6 Å². The van der Waals surface area contributed by atoms with Gasteiger partial charge in [-0.05, 0) is 30.5 Å². The Labute approximate surface area is 107 Å². The van der Waals surface area contributed by atoms with E-state index in [9.17, 15) is 9.59 Å². The summed E-state index contributed by atoms with van der Waals surface area (Å²) in [5.74, 6) is -0.312. The van der Waals surface area contributed by atoms with Crippen LogP contribution in [0.5, 0.6) is 0 Å². The van der Waals surface area contributed by atoms with Crippen LogP contribution in [0.25, 0.3) is 0 Å². The first-order chi connectivity index (χ1) is 8.50. The van der Waals surface area contributed by atoms with Gasteiger partial charge in [0.2, 0.25) is 5.91 Å². The maximum Gasteiger partial charge on any atom is 0.250 e. The van der Waals surface area contributed by atoms with Gasteiger partial charge < -0.3 is 11.1 Å². The fourth-order valence-corrected chi connectivity index (χ4v) is 1.43. The highest BCUT2D eigenvalue weighted by atomic mass is 16.2. The Kier molecular flexibility index (Phi) is 5.11. The van der Waals surface area contributed by atoms with Crippen molar-refractivity contribution in [3.05, 3.63) is 42.0 Å². The number of para-hydroxylation sites is 1. The van der Waals surface area contributed by atoms with E-state index in [1.165, 1.54) is 6.08 Å². The van der Waals surface area contributed by atoms with E-state index in [-0.39, 0.29) is 5.91 Å². The van der Waals surface area contributed by atoms with Gasteiger partial charge in [-0.25, -0.2) is 0 Å². The quantitative estimate of drug-likeness (QED) is 0.782. The number of benzene rings is 1. The minimum atomic E-state index is -0.558.